The van der Waals surface area contributed by atoms with Gasteiger partial charge in [0.2, 0.25) is 5.92 Å². The van der Waals surface area contributed by atoms with Gasteiger partial charge in [0.05, 0.1) is 0 Å². The molecule has 0 aromatic carbocycles. The van der Waals surface area contributed by atoms with E-state index in [4.69, 9.17) is 4.74 Å². The van der Waals surface area contributed by atoms with Crippen LogP contribution in [0, 0.1) is 0 Å². The number of carbonyl (C=O) groups is 1. The molecule has 90 valence electrons. The summed E-state index contributed by atoms with van der Waals surface area (Å²) in [7, 11) is 0. The number of esters is 1. The van der Waals surface area contributed by atoms with Crippen molar-refractivity contribution in [1.29, 1.82) is 0 Å². The number of rotatable bonds is 8. The lowest BCUT2D eigenvalue weighted by atomic mass is 10.2. The molecule has 0 atom stereocenters. The highest BCUT2D eigenvalue weighted by Gasteiger charge is 2.19. The molecule has 0 aliphatic rings. The number of ether oxygens (including phenoxy) is 1. The average molecular weight is 240 g/mol. The van der Waals surface area contributed by atoms with Crippen LogP contribution in [0.2, 0.25) is 0 Å². The molecule has 5 heteroatoms. The van der Waals surface area contributed by atoms with Gasteiger partial charge in [-0.25, -0.2) is 8.78 Å². The predicted molar refractivity (Wildman–Crippen MR) is 58.4 cm³/mol. The Kier molecular flexibility index (Phi) is 7.74. The summed E-state index contributed by atoms with van der Waals surface area (Å²) in [5.74, 6) is -1.23. The van der Waals surface area contributed by atoms with Crippen molar-refractivity contribution in [2.24, 2.45) is 0 Å². The summed E-state index contributed by atoms with van der Waals surface area (Å²) in [4.78, 5) is 10.4. The molecule has 0 bridgehead atoms. The first-order valence-electron chi connectivity index (χ1n) is 5.01. The quantitative estimate of drug-likeness (QED) is 0.481. The Morgan fingerprint density at radius 3 is 2.53 bits per heavy atom. The largest absolute Gasteiger partial charge is 0.465 e. The number of unbranched alkanes of at least 4 members (excludes halogenated alkanes) is 1. The van der Waals surface area contributed by atoms with Crippen LogP contribution in [0.4, 0.5) is 8.78 Å². The SMILES string of the molecule is CC(=O)OCCSCCCCC(C)(F)F. The summed E-state index contributed by atoms with van der Waals surface area (Å²) < 4.78 is 29.5. The lowest BCUT2D eigenvalue weighted by Crippen LogP contribution is -2.08. The van der Waals surface area contributed by atoms with Gasteiger partial charge in [0, 0.05) is 19.1 Å². The monoisotopic (exact) mass is 240 g/mol. The zero-order valence-corrected chi connectivity index (χ0v) is 10.0. The average Bonchev–Trinajstić information content (AvgIpc) is 2.07. The standard InChI is InChI=1S/C10H18F2O2S/c1-9(13)14-6-8-15-7-4-3-5-10(2,11)12/h3-8H2,1-2H3. The van der Waals surface area contributed by atoms with E-state index in [9.17, 15) is 13.6 Å². The molecule has 0 aliphatic heterocycles. The molecule has 0 rings (SSSR count). The first kappa shape index (κ1) is 14.7. The van der Waals surface area contributed by atoms with Gasteiger partial charge in [-0.1, -0.05) is 0 Å². The fraction of sp³-hybridized carbons (Fsp3) is 0.900. The van der Waals surface area contributed by atoms with E-state index in [0.29, 0.717) is 13.0 Å². The maximum absolute atomic E-state index is 12.4. The van der Waals surface area contributed by atoms with Crippen molar-refractivity contribution in [2.75, 3.05) is 18.1 Å². The molecule has 0 amide bonds. The molecule has 15 heavy (non-hydrogen) atoms. The Bertz CT molecular complexity index is 181. The minimum absolute atomic E-state index is 0.0441. The molecule has 0 radical (unpaired) electrons. The zero-order valence-electron chi connectivity index (χ0n) is 9.22. The molecule has 0 aromatic heterocycles. The van der Waals surface area contributed by atoms with Crippen LogP contribution in [0.15, 0.2) is 0 Å². The number of carbonyl (C=O) groups excluding carboxylic acids is 1. The van der Waals surface area contributed by atoms with Gasteiger partial charge in [0.15, 0.2) is 0 Å². The third-order valence-corrected chi connectivity index (χ3v) is 2.72. The minimum Gasteiger partial charge on any atom is -0.465 e. The van der Waals surface area contributed by atoms with Crippen LogP contribution in [0.5, 0.6) is 0 Å². The van der Waals surface area contributed by atoms with Gasteiger partial charge in [0.25, 0.3) is 0 Å². The molecule has 0 saturated heterocycles. The second-order valence-electron chi connectivity index (χ2n) is 3.48. The molecular formula is C10H18F2O2S. The fourth-order valence-electron chi connectivity index (χ4n) is 0.986. The van der Waals surface area contributed by atoms with E-state index in [2.05, 4.69) is 0 Å². The Hall–Kier alpha value is -0.320. The maximum atomic E-state index is 12.4. The van der Waals surface area contributed by atoms with Crippen LogP contribution >= 0.6 is 11.8 Å². The highest BCUT2D eigenvalue weighted by Crippen LogP contribution is 2.20. The van der Waals surface area contributed by atoms with Crippen LogP contribution in [0.3, 0.4) is 0 Å². The zero-order chi connectivity index (χ0) is 11.7. The van der Waals surface area contributed by atoms with Gasteiger partial charge < -0.3 is 4.74 Å². The lowest BCUT2D eigenvalue weighted by molar-refractivity contribution is -0.140. The molecule has 0 unspecified atom stereocenters. The second-order valence-corrected chi connectivity index (χ2v) is 4.70. The van der Waals surface area contributed by atoms with Crippen molar-refractivity contribution in [3.8, 4) is 0 Å². The predicted octanol–water partition coefficient (Wildman–Crippen LogP) is 3.11. The summed E-state index contributed by atoms with van der Waals surface area (Å²) in [6.45, 7) is 2.72. The molecule has 0 saturated carbocycles. The van der Waals surface area contributed by atoms with Crippen LogP contribution < -0.4 is 0 Å². The van der Waals surface area contributed by atoms with Gasteiger partial charge in [-0.15, -0.1) is 0 Å². The third-order valence-electron chi connectivity index (χ3n) is 1.69. The Morgan fingerprint density at radius 2 is 2.00 bits per heavy atom. The molecule has 0 aromatic rings. The first-order chi connectivity index (χ1) is 6.92. The minimum atomic E-state index is -2.54. The number of hydrogen-bond acceptors (Lipinski definition) is 3. The fourth-order valence-corrected chi connectivity index (χ4v) is 1.80. The van der Waals surface area contributed by atoms with E-state index < -0.39 is 5.92 Å². The highest BCUT2D eigenvalue weighted by atomic mass is 32.2. The van der Waals surface area contributed by atoms with Gasteiger partial charge in [0.1, 0.15) is 6.61 Å². The summed E-state index contributed by atoms with van der Waals surface area (Å²) in [5, 5.41) is 0. The number of alkyl halides is 2. The van der Waals surface area contributed by atoms with Crippen molar-refractivity contribution in [3.05, 3.63) is 0 Å². The highest BCUT2D eigenvalue weighted by molar-refractivity contribution is 7.99. The van der Waals surface area contributed by atoms with Crippen LogP contribution in [-0.4, -0.2) is 30.0 Å². The van der Waals surface area contributed by atoms with Crippen LogP contribution in [0.1, 0.15) is 33.1 Å². The van der Waals surface area contributed by atoms with E-state index in [-0.39, 0.29) is 12.4 Å². The molecule has 0 heterocycles. The van der Waals surface area contributed by atoms with Gasteiger partial charge in [-0.2, -0.15) is 11.8 Å². The first-order valence-corrected chi connectivity index (χ1v) is 6.16. The molecule has 2 nitrogen and oxygen atoms in total. The van der Waals surface area contributed by atoms with E-state index in [1.165, 1.54) is 6.92 Å². The van der Waals surface area contributed by atoms with Gasteiger partial charge in [-0.05, 0) is 25.5 Å². The number of hydrogen-bond donors (Lipinski definition) is 0. The Balaban J connectivity index is 3.09. The molecular weight excluding hydrogens is 222 g/mol. The summed E-state index contributed by atoms with van der Waals surface area (Å²) in [5.41, 5.74) is 0. The van der Waals surface area contributed by atoms with Gasteiger partial charge in [-0.3, -0.25) is 4.79 Å². The van der Waals surface area contributed by atoms with Crippen LogP contribution in [-0.2, 0) is 9.53 Å². The van der Waals surface area contributed by atoms with Gasteiger partial charge >= 0.3 is 5.97 Å². The van der Waals surface area contributed by atoms with E-state index in [1.54, 1.807) is 11.8 Å². The van der Waals surface area contributed by atoms with E-state index in [0.717, 1.165) is 24.9 Å². The van der Waals surface area contributed by atoms with Crippen molar-refractivity contribution in [3.63, 3.8) is 0 Å². The van der Waals surface area contributed by atoms with Crippen molar-refractivity contribution in [1.82, 2.24) is 0 Å². The van der Waals surface area contributed by atoms with Crippen LogP contribution in [0.25, 0.3) is 0 Å². The maximum Gasteiger partial charge on any atom is 0.302 e. The molecule has 0 aliphatic carbocycles. The molecule has 0 fully saturated rings. The Morgan fingerprint density at radius 1 is 1.33 bits per heavy atom. The summed E-state index contributed by atoms with van der Waals surface area (Å²) >= 11 is 1.62. The lowest BCUT2D eigenvalue weighted by Gasteiger charge is -2.08. The number of halogens is 2. The smallest absolute Gasteiger partial charge is 0.302 e. The summed E-state index contributed by atoms with van der Waals surface area (Å²) in [6.07, 6.45) is 1.29. The Labute approximate surface area is 93.8 Å². The second kappa shape index (κ2) is 7.91. The topological polar surface area (TPSA) is 26.3 Å². The third kappa shape index (κ3) is 13.7. The molecule has 0 spiro atoms. The van der Waals surface area contributed by atoms with Crippen molar-refractivity contribution in [2.45, 2.75) is 39.0 Å². The number of thioether (sulfide) groups is 1. The summed E-state index contributed by atoms with van der Waals surface area (Å²) in [6, 6.07) is 0. The molecule has 0 N–H and O–H groups in total. The normalized spacial score (nSPS) is 11.5. The van der Waals surface area contributed by atoms with E-state index >= 15 is 0 Å². The van der Waals surface area contributed by atoms with Crippen molar-refractivity contribution < 1.29 is 18.3 Å². The van der Waals surface area contributed by atoms with E-state index in [1.807, 2.05) is 0 Å². The van der Waals surface area contributed by atoms with Crippen molar-refractivity contribution >= 4 is 17.7 Å².